The van der Waals surface area contributed by atoms with Crippen LogP contribution in [0, 0.1) is 17.3 Å². The molecule has 2 saturated carbocycles. The van der Waals surface area contributed by atoms with Crippen LogP contribution in [0.15, 0.2) is 0 Å². The molecule has 18 heavy (non-hydrogen) atoms. The molecule has 104 valence electrons. The molecule has 0 heterocycles. The Hall–Kier alpha value is -0.530. The lowest BCUT2D eigenvalue weighted by molar-refractivity contribution is -0.162. The van der Waals surface area contributed by atoms with Gasteiger partial charge in [-0.3, -0.25) is 4.79 Å². The Morgan fingerprint density at radius 1 is 0.889 bits per heavy atom. The lowest BCUT2D eigenvalue weighted by atomic mass is 9.60. The van der Waals surface area contributed by atoms with E-state index in [0.717, 1.165) is 0 Å². The van der Waals surface area contributed by atoms with E-state index in [1.54, 1.807) is 7.11 Å². The molecule has 2 rings (SSSR count). The molecule has 2 nitrogen and oxygen atoms in total. The molecule has 0 unspecified atom stereocenters. The molecule has 2 heteroatoms. The topological polar surface area (TPSA) is 26.3 Å². The number of hydrogen-bond acceptors (Lipinski definition) is 2. The minimum Gasteiger partial charge on any atom is -0.469 e. The Balaban J connectivity index is 2.17. The van der Waals surface area contributed by atoms with Crippen LogP contribution in [0.25, 0.3) is 0 Å². The van der Waals surface area contributed by atoms with Crippen LogP contribution < -0.4 is 0 Å². The Kier molecular flexibility index (Phi) is 4.69. The number of hydrogen-bond donors (Lipinski definition) is 0. The first-order valence-electron chi connectivity index (χ1n) is 7.78. The van der Waals surface area contributed by atoms with Crippen molar-refractivity contribution in [2.45, 2.75) is 71.1 Å². The molecule has 0 saturated heterocycles. The molecule has 0 spiro atoms. The Labute approximate surface area is 111 Å². The molecule has 0 bridgehead atoms. The average Bonchev–Trinajstić information content (AvgIpc) is 2.47. The zero-order valence-electron chi connectivity index (χ0n) is 12.0. The summed E-state index contributed by atoms with van der Waals surface area (Å²) in [4.78, 5) is 12.4. The lowest BCUT2D eigenvalue weighted by Crippen LogP contribution is -2.45. The first kappa shape index (κ1) is 13.9. The normalized spacial score (nSPS) is 23.9. The second-order valence-electron chi connectivity index (χ2n) is 6.44. The molecule has 2 aliphatic carbocycles. The second-order valence-corrected chi connectivity index (χ2v) is 6.44. The summed E-state index contributed by atoms with van der Waals surface area (Å²) in [5.41, 5.74) is -0.213. The number of methoxy groups -OCH3 is 1. The fraction of sp³-hybridized carbons (Fsp3) is 0.938. The van der Waals surface area contributed by atoms with Crippen LogP contribution in [0.4, 0.5) is 0 Å². The molecule has 0 aromatic heterocycles. The van der Waals surface area contributed by atoms with Crippen LogP contribution in [0.1, 0.15) is 71.1 Å². The highest BCUT2D eigenvalue weighted by molar-refractivity contribution is 5.77. The maximum Gasteiger partial charge on any atom is 0.312 e. The third-order valence-electron chi connectivity index (χ3n) is 5.53. The van der Waals surface area contributed by atoms with Gasteiger partial charge in [0.25, 0.3) is 0 Å². The monoisotopic (exact) mass is 252 g/mol. The number of carbonyl (C=O) groups is 1. The van der Waals surface area contributed by atoms with Gasteiger partial charge >= 0.3 is 5.97 Å². The van der Waals surface area contributed by atoms with Gasteiger partial charge < -0.3 is 4.74 Å². The molecular formula is C16H28O2. The van der Waals surface area contributed by atoms with E-state index in [9.17, 15) is 4.79 Å². The molecule has 0 aromatic carbocycles. The van der Waals surface area contributed by atoms with Crippen molar-refractivity contribution in [3.05, 3.63) is 0 Å². The molecule has 2 aliphatic rings. The van der Waals surface area contributed by atoms with Crippen molar-refractivity contribution < 1.29 is 9.53 Å². The summed E-state index contributed by atoms with van der Waals surface area (Å²) >= 11 is 0. The van der Waals surface area contributed by atoms with Gasteiger partial charge in [-0.15, -0.1) is 0 Å². The van der Waals surface area contributed by atoms with E-state index >= 15 is 0 Å². The highest BCUT2D eigenvalue weighted by atomic mass is 16.5. The first-order valence-corrected chi connectivity index (χ1v) is 7.78. The van der Waals surface area contributed by atoms with Crippen LogP contribution in [0.3, 0.4) is 0 Å². The molecule has 0 amide bonds. The van der Waals surface area contributed by atoms with Crippen LogP contribution in [-0.2, 0) is 9.53 Å². The van der Waals surface area contributed by atoms with Crippen molar-refractivity contribution in [3.8, 4) is 0 Å². The van der Waals surface area contributed by atoms with Crippen molar-refractivity contribution in [1.29, 1.82) is 0 Å². The van der Waals surface area contributed by atoms with Gasteiger partial charge in [0, 0.05) is 0 Å². The van der Waals surface area contributed by atoms with E-state index in [1.165, 1.54) is 64.2 Å². The smallest absolute Gasteiger partial charge is 0.312 e. The molecule has 0 aromatic rings. The van der Waals surface area contributed by atoms with Gasteiger partial charge in [0.05, 0.1) is 12.5 Å². The fourth-order valence-electron chi connectivity index (χ4n) is 4.29. The summed E-state index contributed by atoms with van der Waals surface area (Å²) in [7, 11) is 1.56. The van der Waals surface area contributed by atoms with Gasteiger partial charge in [0.1, 0.15) is 0 Å². The van der Waals surface area contributed by atoms with Crippen LogP contribution in [0.5, 0.6) is 0 Å². The van der Waals surface area contributed by atoms with Gasteiger partial charge in [-0.1, -0.05) is 38.5 Å². The Morgan fingerprint density at radius 2 is 1.28 bits per heavy atom. The predicted octanol–water partition coefficient (Wildman–Crippen LogP) is 4.33. The molecule has 0 atom stereocenters. The van der Waals surface area contributed by atoms with Crippen molar-refractivity contribution in [3.63, 3.8) is 0 Å². The molecule has 0 N–H and O–H groups in total. The zero-order valence-corrected chi connectivity index (χ0v) is 12.0. The van der Waals surface area contributed by atoms with E-state index in [1.807, 2.05) is 0 Å². The van der Waals surface area contributed by atoms with Gasteiger partial charge in [-0.2, -0.15) is 0 Å². The summed E-state index contributed by atoms with van der Waals surface area (Å²) in [6.45, 7) is 2.20. The van der Waals surface area contributed by atoms with Gasteiger partial charge in [0.2, 0.25) is 0 Å². The third kappa shape index (κ3) is 2.57. The van der Waals surface area contributed by atoms with Crippen LogP contribution in [-0.4, -0.2) is 13.1 Å². The predicted molar refractivity (Wildman–Crippen MR) is 73.3 cm³/mol. The summed E-state index contributed by atoms with van der Waals surface area (Å²) in [5, 5.41) is 0. The van der Waals surface area contributed by atoms with Crippen molar-refractivity contribution >= 4 is 5.97 Å². The van der Waals surface area contributed by atoms with Gasteiger partial charge in [-0.05, 0) is 44.4 Å². The maximum absolute atomic E-state index is 12.4. The summed E-state index contributed by atoms with van der Waals surface area (Å²) < 4.78 is 5.18. The standard InChI is InChI=1S/C16H28O2/c1-16(15(17)18-2,13-9-5-3-6-10-13)14-11-7-4-8-12-14/h13-14H,3-12H2,1-2H3. The number of carbonyl (C=O) groups excluding carboxylic acids is 1. The van der Waals surface area contributed by atoms with E-state index in [2.05, 4.69) is 6.92 Å². The molecular weight excluding hydrogens is 224 g/mol. The van der Waals surface area contributed by atoms with E-state index < -0.39 is 0 Å². The number of rotatable bonds is 3. The van der Waals surface area contributed by atoms with E-state index in [4.69, 9.17) is 4.74 Å². The van der Waals surface area contributed by atoms with Crippen molar-refractivity contribution in [2.75, 3.05) is 7.11 Å². The van der Waals surface area contributed by atoms with E-state index in [0.29, 0.717) is 11.8 Å². The summed E-state index contributed by atoms with van der Waals surface area (Å²) in [5.74, 6) is 1.17. The van der Waals surface area contributed by atoms with Gasteiger partial charge in [0.15, 0.2) is 0 Å². The second kappa shape index (κ2) is 6.08. The third-order valence-corrected chi connectivity index (χ3v) is 5.53. The first-order chi connectivity index (χ1) is 8.69. The quantitative estimate of drug-likeness (QED) is 0.699. The zero-order chi connectivity index (χ0) is 13.0. The summed E-state index contributed by atoms with van der Waals surface area (Å²) in [6, 6.07) is 0. The Morgan fingerprint density at radius 3 is 1.61 bits per heavy atom. The summed E-state index contributed by atoms with van der Waals surface area (Å²) in [6.07, 6.45) is 12.8. The molecule has 0 aliphatic heterocycles. The average molecular weight is 252 g/mol. The van der Waals surface area contributed by atoms with Gasteiger partial charge in [-0.25, -0.2) is 0 Å². The minimum atomic E-state index is -0.213. The van der Waals surface area contributed by atoms with Crippen LogP contribution in [0.2, 0.25) is 0 Å². The fourth-order valence-corrected chi connectivity index (χ4v) is 4.29. The largest absolute Gasteiger partial charge is 0.469 e. The minimum absolute atomic E-state index is 0.0568. The number of esters is 1. The van der Waals surface area contributed by atoms with E-state index in [-0.39, 0.29) is 11.4 Å². The lowest BCUT2D eigenvalue weighted by Gasteiger charge is -2.44. The van der Waals surface area contributed by atoms with Crippen LogP contribution >= 0.6 is 0 Å². The Bertz CT molecular complexity index is 255. The SMILES string of the molecule is COC(=O)C(C)(C1CCCCC1)C1CCCCC1. The highest BCUT2D eigenvalue weighted by Gasteiger charge is 2.48. The highest BCUT2D eigenvalue weighted by Crippen LogP contribution is 2.49. The molecule has 2 fully saturated rings. The number of ether oxygens (including phenoxy) is 1. The van der Waals surface area contributed by atoms with Crippen molar-refractivity contribution in [2.24, 2.45) is 17.3 Å². The maximum atomic E-state index is 12.4. The van der Waals surface area contributed by atoms with Crippen molar-refractivity contribution in [1.82, 2.24) is 0 Å². The molecule has 0 radical (unpaired) electrons.